The molecule has 154 valence electrons. The zero-order valence-corrected chi connectivity index (χ0v) is 17.8. The van der Waals surface area contributed by atoms with Gasteiger partial charge in [-0.25, -0.2) is 4.79 Å². The normalized spacial score (nSPS) is 11.0. The first-order valence-corrected chi connectivity index (χ1v) is 10.8. The van der Waals surface area contributed by atoms with Gasteiger partial charge in [0.25, 0.3) is 5.56 Å². The molecule has 0 amide bonds. The van der Waals surface area contributed by atoms with E-state index in [9.17, 15) is 9.59 Å². The van der Waals surface area contributed by atoms with Crippen LogP contribution in [0.4, 0.5) is 11.5 Å². The van der Waals surface area contributed by atoms with E-state index in [2.05, 4.69) is 15.2 Å². The first kappa shape index (κ1) is 21.1. The van der Waals surface area contributed by atoms with E-state index in [0.717, 1.165) is 14.9 Å². The predicted molar refractivity (Wildman–Crippen MR) is 116 cm³/mol. The summed E-state index contributed by atoms with van der Waals surface area (Å²) in [5.41, 5.74) is 6.35. The molecule has 29 heavy (non-hydrogen) atoms. The Kier molecular flexibility index (Phi) is 7.07. The lowest BCUT2D eigenvalue weighted by Crippen LogP contribution is -2.39. The third-order valence-corrected chi connectivity index (χ3v) is 6.11. The van der Waals surface area contributed by atoms with Crippen molar-refractivity contribution >= 4 is 34.6 Å². The lowest BCUT2D eigenvalue weighted by molar-refractivity contribution is 0.205. The third kappa shape index (κ3) is 5.05. The lowest BCUT2D eigenvalue weighted by atomic mass is 10.2. The smallest absolute Gasteiger partial charge is 0.330 e. The number of thioether (sulfide) groups is 1. The molecule has 3 rings (SSSR count). The number of hydrogen-bond acceptors (Lipinski definition) is 9. The molecule has 3 aromatic rings. The molecule has 9 nitrogen and oxygen atoms in total. The van der Waals surface area contributed by atoms with Crippen molar-refractivity contribution in [2.24, 2.45) is 0 Å². The molecule has 0 fully saturated rings. The fourth-order valence-electron chi connectivity index (χ4n) is 2.83. The van der Waals surface area contributed by atoms with Gasteiger partial charge in [-0.1, -0.05) is 53.4 Å². The highest BCUT2D eigenvalue weighted by atomic mass is 32.2. The number of aromatic amines is 1. The van der Waals surface area contributed by atoms with Gasteiger partial charge in [0, 0.05) is 13.7 Å². The number of anilines is 2. The van der Waals surface area contributed by atoms with Crippen LogP contribution in [0.25, 0.3) is 0 Å². The fraction of sp³-hybridized carbons (Fsp3) is 0.333. The Morgan fingerprint density at radius 1 is 1.28 bits per heavy atom. The summed E-state index contributed by atoms with van der Waals surface area (Å²) in [6.07, 6.45) is 1.93. The van der Waals surface area contributed by atoms with Crippen molar-refractivity contribution in [2.75, 3.05) is 37.2 Å². The van der Waals surface area contributed by atoms with Crippen molar-refractivity contribution in [3.8, 4) is 0 Å². The highest BCUT2D eigenvalue weighted by molar-refractivity contribution is 8.00. The van der Waals surface area contributed by atoms with Gasteiger partial charge >= 0.3 is 5.69 Å². The standard InChI is InChI=1S/C18H22N6O3S2/c1-27-9-8-23(11-13-21-22-18(28-2)29-13)14-15(19)24(17(26)20-16(14)25)10-12-6-4-3-5-7-12/h3-7H,8-11,19H2,1-2H3,(H,20,25,26). The van der Waals surface area contributed by atoms with Crippen LogP contribution in [0, 0.1) is 0 Å². The maximum atomic E-state index is 12.7. The first-order chi connectivity index (χ1) is 14.0. The summed E-state index contributed by atoms with van der Waals surface area (Å²) in [7, 11) is 1.58. The zero-order chi connectivity index (χ0) is 20.8. The van der Waals surface area contributed by atoms with Crippen molar-refractivity contribution in [1.82, 2.24) is 19.7 Å². The van der Waals surface area contributed by atoms with Crippen LogP contribution in [0.1, 0.15) is 10.6 Å². The first-order valence-electron chi connectivity index (χ1n) is 8.80. The van der Waals surface area contributed by atoms with Gasteiger partial charge in [-0.2, -0.15) is 0 Å². The quantitative estimate of drug-likeness (QED) is 0.485. The summed E-state index contributed by atoms with van der Waals surface area (Å²) in [5.74, 6) is 0.105. The van der Waals surface area contributed by atoms with Gasteiger partial charge in [-0.15, -0.1) is 10.2 Å². The van der Waals surface area contributed by atoms with Crippen LogP contribution in [0.2, 0.25) is 0 Å². The largest absolute Gasteiger partial charge is 0.383 e. The van der Waals surface area contributed by atoms with E-state index >= 15 is 0 Å². The summed E-state index contributed by atoms with van der Waals surface area (Å²) in [6, 6.07) is 9.44. The highest BCUT2D eigenvalue weighted by Gasteiger charge is 2.20. The molecular formula is C18H22N6O3S2. The van der Waals surface area contributed by atoms with Gasteiger partial charge in [-0.05, 0) is 11.8 Å². The van der Waals surface area contributed by atoms with E-state index < -0.39 is 11.2 Å². The number of rotatable bonds is 9. The Morgan fingerprint density at radius 3 is 2.69 bits per heavy atom. The number of nitrogens with zero attached hydrogens (tertiary/aromatic N) is 4. The van der Waals surface area contributed by atoms with Crippen LogP contribution in [-0.2, 0) is 17.8 Å². The molecule has 0 unspecified atom stereocenters. The van der Waals surface area contributed by atoms with Crippen molar-refractivity contribution in [1.29, 1.82) is 0 Å². The maximum Gasteiger partial charge on any atom is 0.330 e. The second-order valence-corrected chi connectivity index (χ2v) is 8.26. The Morgan fingerprint density at radius 2 is 2.03 bits per heavy atom. The topological polar surface area (TPSA) is 119 Å². The number of nitrogen functional groups attached to an aromatic ring is 1. The second-order valence-electron chi connectivity index (χ2n) is 6.15. The molecule has 0 radical (unpaired) electrons. The Labute approximate surface area is 175 Å². The van der Waals surface area contributed by atoms with E-state index in [-0.39, 0.29) is 18.1 Å². The van der Waals surface area contributed by atoms with Crippen molar-refractivity contribution in [2.45, 2.75) is 17.4 Å². The van der Waals surface area contributed by atoms with Crippen LogP contribution < -0.4 is 21.9 Å². The summed E-state index contributed by atoms with van der Waals surface area (Å²) >= 11 is 2.95. The molecule has 0 aliphatic carbocycles. The molecule has 11 heteroatoms. The fourth-order valence-corrected chi connectivity index (χ4v) is 4.15. The zero-order valence-electron chi connectivity index (χ0n) is 16.1. The van der Waals surface area contributed by atoms with E-state index in [0.29, 0.717) is 19.7 Å². The monoisotopic (exact) mass is 434 g/mol. The molecular weight excluding hydrogens is 412 g/mol. The number of methoxy groups -OCH3 is 1. The minimum absolute atomic E-state index is 0.105. The SMILES string of the molecule is COCCN(Cc1nnc(SC)s1)c1c(N)n(Cc2ccccc2)c(=O)[nH]c1=O. The molecule has 0 bridgehead atoms. The van der Waals surface area contributed by atoms with Gasteiger partial charge in [0.2, 0.25) is 0 Å². The van der Waals surface area contributed by atoms with E-state index in [1.807, 2.05) is 36.6 Å². The molecule has 1 aromatic carbocycles. The van der Waals surface area contributed by atoms with Gasteiger partial charge in [0.1, 0.15) is 16.5 Å². The van der Waals surface area contributed by atoms with E-state index in [1.54, 1.807) is 12.0 Å². The number of ether oxygens (including phenoxy) is 1. The van der Waals surface area contributed by atoms with Crippen LogP contribution in [0.3, 0.4) is 0 Å². The van der Waals surface area contributed by atoms with E-state index in [4.69, 9.17) is 10.5 Å². The maximum absolute atomic E-state index is 12.7. The molecule has 0 saturated carbocycles. The minimum atomic E-state index is -0.549. The molecule has 0 saturated heterocycles. The molecule has 3 N–H and O–H groups in total. The summed E-state index contributed by atoms with van der Waals surface area (Å²) < 4.78 is 7.38. The van der Waals surface area contributed by atoms with Gasteiger partial charge in [-0.3, -0.25) is 14.3 Å². The molecule has 0 aliphatic rings. The number of nitrogens with one attached hydrogen (secondary N) is 1. The Hall–Kier alpha value is -2.63. The van der Waals surface area contributed by atoms with Gasteiger partial charge in [0.15, 0.2) is 4.34 Å². The van der Waals surface area contributed by atoms with Gasteiger partial charge in [0.05, 0.1) is 19.7 Å². The average Bonchev–Trinajstić information content (AvgIpc) is 3.17. The second kappa shape index (κ2) is 9.72. The van der Waals surface area contributed by atoms with Crippen LogP contribution >= 0.6 is 23.1 Å². The van der Waals surface area contributed by atoms with Gasteiger partial charge < -0.3 is 15.4 Å². The molecule has 2 heterocycles. The van der Waals surface area contributed by atoms with Crippen molar-refractivity contribution < 1.29 is 4.74 Å². The Bertz CT molecular complexity index is 1060. The summed E-state index contributed by atoms with van der Waals surface area (Å²) in [5, 5.41) is 9.01. The van der Waals surface area contributed by atoms with E-state index in [1.165, 1.54) is 27.7 Å². The third-order valence-electron chi connectivity index (χ3n) is 4.23. The molecule has 0 aliphatic heterocycles. The number of aromatic nitrogens is 4. The van der Waals surface area contributed by atoms with Crippen molar-refractivity contribution in [3.63, 3.8) is 0 Å². The number of hydrogen-bond donors (Lipinski definition) is 2. The summed E-state index contributed by atoms with van der Waals surface area (Å²) in [6.45, 7) is 1.37. The van der Waals surface area contributed by atoms with Crippen LogP contribution in [-0.4, -0.2) is 46.3 Å². The molecule has 0 spiro atoms. The Balaban J connectivity index is 2.00. The average molecular weight is 435 g/mol. The van der Waals surface area contributed by atoms with Crippen molar-refractivity contribution in [3.05, 3.63) is 61.7 Å². The van der Waals surface area contributed by atoms with Crippen LogP contribution in [0.15, 0.2) is 44.3 Å². The summed E-state index contributed by atoms with van der Waals surface area (Å²) in [4.78, 5) is 29.2. The van der Waals surface area contributed by atoms with Crippen LogP contribution in [0.5, 0.6) is 0 Å². The minimum Gasteiger partial charge on any atom is -0.383 e. The number of benzene rings is 1. The predicted octanol–water partition coefficient (Wildman–Crippen LogP) is 1.39. The highest BCUT2D eigenvalue weighted by Crippen LogP contribution is 2.24. The number of H-pyrrole nitrogens is 1. The number of nitrogens with two attached hydrogens (primary N) is 1. The molecule has 0 atom stereocenters. The lowest BCUT2D eigenvalue weighted by Gasteiger charge is -2.25. The molecule has 2 aromatic heterocycles.